The van der Waals surface area contributed by atoms with Crippen LogP contribution in [0, 0.1) is 11.6 Å². The molecule has 0 radical (unpaired) electrons. The zero-order valence-electron chi connectivity index (χ0n) is 13.7. The Kier molecular flexibility index (Phi) is 6.05. The molecule has 0 saturated carbocycles. The smallest absolute Gasteiger partial charge is 0.338 e. The van der Waals surface area contributed by atoms with Crippen molar-refractivity contribution in [3.8, 4) is 5.75 Å². The number of amides is 1. The largest absolute Gasteiger partial charge is 0.497 e. The topological polar surface area (TPSA) is 64.6 Å². The molecule has 2 rings (SSSR count). The fourth-order valence-electron chi connectivity index (χ4n) is 2.16. The zero-order chi connectivity index (χ0) is 18.4. The van der Waals surface area contributed by atoms with Gasteiger partial charge in [0.05, 0.1) is 18.7 Å². The molecule has 0 fully saturated rings. The lowest BCUT2D eigenvalue weighted by molar-refractivity contribution is -0.124. The first-order chi connectivity index (χ1) is 11.9. The Morgan fingerprint density at radius 2 is 1.80 bits per heavy atom. The van der Waals surface area contributed by atoms with Gasteiger partial charge in [0.25, 0.3) is 5.91 Å². The van der Waals surface area contributed by atoms with Crippen molar-refractivity contribution in [3.05, 3.63) is 65.2 Å². The molecule has 0 heterocycles. The van der Waals surface area contributed by atoms with E-state index < -0.39 is 30.1 Å². The lowest BCUT2D eigenvalue weighted by Crippen LogP contribution is -2.31. The predicted molar refractivity (Wildman–Crippen MR) is 86.2 cm³/mol. The average molecular weight is 349 g/mol. The Morgan fingerprint density at radius 3 is 2.44 bits per heavy atom. The van der Waals surface area contributed by atoms with Gasteiger partial charge < -0.3 is 14.8 Å². The molecule has 0 saturated heterocycles. The van der Waals surface area contributed by atoms with Gasteiger partial charge in [0.2, 0.25) is 0 Å². The highest BCUT2D eigenvalue weighted by molar-refractivity contribution is 5.91. The fraction of sp³-hybridized carbons (Fsp3) is 0.222. The molecule has 0 spiro atoms. The summed E-state index contributed by atoms with van der Waals surface area (Å²) in [5, 5.41) is 2.66. The van der Waals surface area contributed by atoms with Crippen molar-refractivity contribution in [2.45, 2.75) is 13.0 Å². The number of halogens is 2. The normalized spacial score (nSPS) is 11.5. The molecule has 1 N–H and O–H groups in total. The number of esters is 1. The first-order valence-electron chi connectivity index (χ1n) is 7.45. The highest BCUT2D eigenvalue weighted by atomic mass is 19.1. The van der Waals surface area contributed by atoms with Crippen molar-refractivity contribution in [1.29, 1.82) is 0 Å². The molecule has 1 amide bonds. The van der Waals surface area contributed by atoms with Gasteiger partial charge in [0.15, 0.2) is 6.61 Å². The first-order valence-corrected chi connectivity index (χ1v) is 7.45. The van der Waals surface area contributed by atoms with Crippen molar-refractivity contribution in [2.75, 3.05) is 13.7 Å². The lowest BCUT2D eigenvalue weighted by atomic mass is 10.1. The van der Waals surface area contributed by atoms with Gasteiger partial charge in [-0.2, -0.15) is 0 Å². The van der Waals surface area contributed by atoms with Gasteiger partial charge in [0, 0.05) is 6.07 Å². The highest BCUT2D eigenvalue weighted by Gasteiger charge is 2.15. The van der Waals surface area contributed by atoms with Gasteiger partial charge in [-0.25, -0.2) is 13.6 Å². The number of methoxy groups -OCH3 is 1. The van der Waals surface area contributed by atoms with E-state index in [4.69, 9.17) is 9.47 Å². The van der Waals surface area contributed by atoms with E-state index in [1.54, 1.807) is 25.1 Å². The Hall–Kier alpha value is -2.96. The Morgan fingerprint density at radius 1 is 1.12 bits per heavy atom. The van der Waals surface area contributed by atoms with Crippen LogP contribution in [-0.2, 0) is 9.53 Å². The molecular weight excluding hydrogens is 332 g/mol. The maximum atomic E-state index is 13.1. The third kappa shape index (κ3) is 5.27. The Balaban J connectivity index is 1.90. The summed E-state index contributed by atoms with van der Waals surface area (Å²) in [6.45, 7) is 1.20. The number of carbonyl (C=O) groups excluding carboxylic acids is 2. The zero-order valence-corrected chi connectivity index (χ0v) is 13.7. The van der Waals surface area contributed by atoms with E-state index in [0.29, 0.717) is 11.8 Å². The van der Waals surface area contributed by atoms with Crippen LogP contribution in [0.4, 0.5) is 8.78 Å². The molecule has 2 aromatic rings. The predicted octanol–water partition coefficient (Wildman–Crippen LogP) is 3.01. The number of carbonyl (C=O) groups is 2. The minimum atomic E-state index is -0.984. The van der Waals surface area contributed by atoms with Crippen LogP contribution in [0.25, 0.3) is 0 Å². The monoisotopic (exact) mass is 349 g/mol. The second-order valence-electron chi connectivity index (χ2n) is 5.30. The summed E-state index contributed by atoms with van der Waals surface area (Å²) in [4.78, 5) is 23.6. The second-order valence-corrected chi connectivity index (χ2v) is 5.30. The molecule has 0 bridgehead atoms. The van der Waals surface area contributed by atoms with Crippen molar-refractivity contribution in [1.82, 2.24) is 5.32 Å². The van der Waals surface area contributed by atoms with Crippen LogP contribution >= 0.6 is 0 Å². The van der Waals surface area contributed by atoms with Gasteiger partial charge >= 0.3 is 5.97 Å². The van der Waals surface area contributed by atoms with E-state index >= 15 is 0 Å². The van der Waals surface area contributed by atoms with Gasteiger partial charge in [-0.05, 0) is 36.8 Å². The van der Waals surface area contributed by atoms with Crippen LogP contribution in [0.3, 0.4) is 0 Å². The summed E-state index contributed by atoms with van der Waals surface area (Å²) in [6, 6.07) is 9.12. The summed E-state index contributed by atoms with van der Waals surface area (Å²) in [5.74, 6) is -2.67. The minimum Gasteiger partial charge on any atom is -0.497 e. The van der Waals surface area contributed by atoms with Gasteiger partial charge in [-0.3, -0.25) is 4.79 Å². The maximum absolute atomic E-state index is 13.1. The molecule has 0 unspecified atom stereocenters. The van der Waals surface area contributed by atoms with Crippen LogP contribution in [-0.4, -0.2) is 25.6 Å². The molecule has 25 heavy (non-hydrogen) atoms. The third-order valence-corrected chi connectivity index (χ3v) is 3.40. The summed E-state index contributed by atoms with van der Waals surface area (Å²) in [6.07, 6.45) is 0. The molecule has 5 nitrogen and oxygen atoms in total. The number of nitrogens with one attached hydrogen (secondary N) is 1. The quantitative estimate of drug-likeness (QED) is 0.815. The molecule has 132 valence electrons. The molecule has 0 aliphatic rings. The number of rotatable bonds is 6. The summed E-state index contributed by atoms with van der Waals surface area (Å²) < 4.78 is 36.0. The van der Waals surface area contributed by atoms with Crippen LogP contribution < -0.4 is 10.1 Å². The van der Waals surface area contributed by atoms with Gasteiger partial charge in [-0.15, -0.1) is 0 Å². The molecule has 0 aromatic heterocycles. The van der Waals surface area contributed by atoms with Crippen molar-refractivity contribution >= 4 is 11.9 Å². The summed E-state index contributed by atoms with van der Waals surface area (Å²) >= 11 is 0. The second kappa shape index (κ2) is 8.23. The first kappa shape index (κ1) is 18.4. The summed E-state index contributed by atoms with van der Waals surface area (Å²) in [7, 11) is 1.54. The molecule has 1 atom stereocenters. The number of hydrogen-bond acceptors (Lipinski definition) is 4. The van der Waals surface area contributed by atoms with E-state index in [0.717, 1.165) is 17.7 Å². The average Bonchev–Trinajstić information content (AvgIpc) is 2.58. The number of ether oxygens (including phenoxy) is 2. The third-order valence-electron chi connectivity index (χ3n) is 3.40. The number of benzene rings is 2. The molecule has 0 aliphatic carbocycles. The van der Waals surface area contributed by atoms with Gasteiger partial charge in [-0.1, -0.05) is 12.1 Å². The Bertz CT molecular complexity index is 759. The van der Waals surface area contributed by atoms with E-state index in [9.17, 15) is 18.4 Å². The molecule has 2 aromatic carbocycles. The molecule has 0 aliphatic heterocycles. The van der Waals surface area contributed by atoms with Crippen molar-refractivity contribution in [2.24, 2.45) is 0 Å². The van der Waals surface area contributed by atoms with Crippen LogP contribution in [0.2, 0.25) is 0 Å². The lowest BCUT2D eigenvalue weighted by Gasteiger charge is -2.15. The maximum Gasteiger partial charge on any atom is 0.338 e. The van der Waals surface area contributed by atoms with Crippen LogP contribution in [0.5, 0.6) is 5.75 Å². The Labute approximate surface area is 143 Å². The number of hydrogen-bond donors (Lipinski definition) is 1. The van der Waals surface area contributed by atoms with E-state index in [1.807, 2.05) is 6.07 Å². The standard InChI is InChI=1S/C18H17F2NO4/c1-11(12-4-3-5-16(8-12)24-2)21-17(22)10-25-18(23)13-6-14(19)9-15(20)7-13/h3-9,11H,10H2,1-2H3,(H,21,22)/t11-/m0/s1. The molecular formula is C18H17F2NO4. The van der Waals surface area contributed by atoms with Crippen molar-refractivity contribution < 1.29 is 27.8 Å². The summed E-state index contributed by atoms with van der Waals surface area (Å²) in [5.41, 5.74) is 0.511. The molecule has 7 heteroatoms. The van der Waals surface area contributed by atoms with Crippen LogP contribution in [0.15, 0.2) is 42.5 Å². The van der Waals surface area contributed by atoms with E-state index in [1.165, 1.54) is 7.11 Å². The van der Waals surface area contributed by atoms with Gasteiger partial charge in [0.1, 0.15) is 17.4 Å². The fourth-order valence-corrected chi connectivity index (χ4v) is 2.16. The van der Waals surface area contributed by atoms with E-state index in [2.05, 4.69) is 5.32 Å². The van der Waals surface area contributed by atoms with Crippen molar-refractivity contribution in [3.63, 3.8) is 0 Å². The highest BCUT2D eigenvalue weighted by Crippen LogP contribution is 2.18. The minimum absolute atomic E-state index is 0.300. The SMILES string of the molecule is COc1cccc([C@H](C)NC(=O)COC(=O)c2cc(F)cc(F)c2)c1. The van der Waals surface area contributed by atoms with E-state index in [-0.39, 0.29) is 11.6 Å². The van der Waals surface area contributed by atoms with Crippen LogP contribution in [0.1, 0.15) is 28.9 Å².